The second kappa shape index (κ2) is 6.75. The number of Topliss-reactive ketones (excluding diaryl/α,β-unsaturated/α-hetero) is 1. The molecule has 7 heteroatoms. The summed E-state index contributed by atoms with van der Waals surface area (Å²) in [7, 11) is 0. The summed E-state index contributed by atoms with van der Waals surface area (Å²) in [6.07, 6.45) is 4.28. The maximum atomic E-state index is 14.4. The lowest BCUT2D eigenvalue weighted by Crippen LogP contribution is -2.43. The minimum Gasteiger partial charge on any atom is -0.503 e. The van der Waals surface area contributed by atoms with Crippen molar-refractivity contribution in [2.24, 2.45) is 5.92 Å². The van der Waals surface area contributed by atoms with Gasteiger partial charge in [0, 0.05) is 5.02 Å². The second-order valence-electron chi connectivity index (χ2n) is 6.55. The van der Waals surface area contributed by atoms with Gasteiger partial charge in [0.25, 0.3) is 5.91 Å². The van der Waals surface area contributed by atoms with Gasteiger partial charge in [-0.05, 0) is 37.8 Å². The minimum atomic E-state index is -1.00. The van der Waals surface area contributed by atoms with E-state index in [0.717, 1.165) is 49.1 Å². The monoisotopic (exact) mass is 369 g/mol. The van der Waals surface area contributed by atoms with Gasteiger partial charge in [-0.15, -0.1) is 0 Å². The number of anilines is 1. The fraction of sp³-hybridized carbons (Fsp3) is 0.444. The Balaban J connectivity index is 2.14. The first kappa shape index (κ1) is 17.9. The lowest BCUT2D eigenvalue weighted by Gasteiger charge is -2.35. The Morgan fingerprint density at radius 3 is 2.28 bits per heavy atom. The van der Waals surface area contributed by atoms with E-state index in [1.165, 1.54) is 6.92 Å². The highest BCUT2D eigenvalue weighted by Gasteiger charge is 2.47. The first-order valence-electron chi connectivity index (χ1n) is 8.25. The van der Waals surface area contributed by atoms with E-state index in [4.69, 9.17) is 11.6 Å². The van der Waals surface area contributed by atoms with Gasteiger partial charge in [0.15, 0.2) is 23.2 Å². The van der Waals surface area contributed by atoms with Crippen LogP contribution in [0.1, 0.15) is 39.0 Å². The van der Waals surface area contributed by atoms with Crippen molar-refractivity contribution in [3.05, 3.63) is 40.1 Å². The fourth-order valence-electron chi connectivity index (χ4n) is 3.90. The molecule has 1 aliphatic carbocycles. The molecule has 1 aromatic carbocycles. The van der Waals surface area contributed by atoms with Gasteiger partial charge in [-0.1, -0.05) is 30.9 Å². The number of amides is 1. The van der Waals surface area contributed by atoms with Gasteiger partial charge in [0.1, 0.15) is 5.69 Å². The van der Waals surface area contributed by atoms with Crippen LogP contribution in [-0.2, 0) is 9.59 Å². The predicted molar refractivity (Wildman–Crippen MR) is 89.6 cm³/mol. The van der Waals surface area contributed by atoms with Crippen molar-refractivity contribution in [2.45, 2.75) is 45.1 Å². The molecular weight excluding hydrogens is 352 g/mol. The van der Waals surface area contributed by atoms with Gasteiger partial charge in [-0.25, -0.2) is 8.78 Å². The Hall–Kier alpha value is -1.95. The lowest BCUT2D eigenvalue weighted by molar-refractivity contribution is -0.117. The summed E-state index contributed by atoms with van der Waals surface area (Å²) in [5, 5.41) is 10.1. The Labute approximate surface area is 149 Å². The van der Waals surface area contributed by atoms with Crippen LogP contribution in [0.15, 0.2) is 23.5 Å². The van der Waals surface area contributed by atoms with Crippen molar-refractivity contribution in [2.75, 3.05) is 4.90 Å². The third-order valence-corrected chi connectivity index (χ3v) is 5.17. The fourth-order valence-corrected chi connectivity index (χ4v) is 4.09. The third kappa shape index (κ3) is 3.03. The zero-order chi connectivity index (χ0) is 18.3. The van der Waals surface area contributed by atoms with E-state index in [0.29, 0.717) is 0 Å². The van der Waals surface area contributed by atoms with Gasteiger partial charge < -0.3 is 5.11 Å². The van der Waals surface area contributed by atoms with Crippen LogP contribution in [-0.4, -0.2) is 22.8 Å². The molecule has 1 aromatic rings. The third-order valence-electron chi connectivity index (χ3n) is 4.95. The summed E-state index contributed by atoms with van der Waals surface area (Å²) in [6, 6.07) is 0.956. The summed E-state index contributed by atoms with van der Waals surface area (Å²) >= 11 is 5.66. The van der Waals surface area contributed by atoms with Crippen LogP contribution in [0.3, 0.4) is 0 Å². The van der Waals surface area contributed by atoms with E-state index in [-0.39, 0.29) is 16.5 Å². The van der Waals surface area contributed by atoms with Gasteiger partial charge in [0.2, 0.25) is 0 Å². The number of carbonyl (C=O) groups excluding carboxylic acids is 2. The number of hydrogen-bond donors (Lipinski definition) is 1. The molecule has 1 amide bonds. The van der Waals surface area contributed by atoms with Crippen LogP contribution < -0.4 is 4.90 Å². The quantitative estimate of drug-likeness (QED) is 0.863. The van der Waals surface area contributed by atoms with Crippen molar-refractivity contribution >= 4 is 29.0 Å². The molecule has 1 atom stereocenters. The van der Waals surface area contributed by atoms with E-state index in [1.807, 2.05) is 0 Å². The highest BCUT2D eigenvalue weighted by molar-refractivity contribution is 6.30. The number of hydrogen-bond acceptors (Lipinski definition) is 3. The molecule has 0 aromatic heterocycles. The number of halogens is 3. The van der Waals surface area contributed by atoms with E-state index < -0.39 is 40.8 Å². The summed E-state index contributed by atoms with van der Waals surface area (Å²) in [5.41, 5.74) is -0.640. The number of aliphatic hydroxyl groups is 1. The number of nitrogens with zero attached hydrogens (tertiary/aromatic N) is 1. The highest BCUT2D eigenvalue weighted by Crippen LogP contribution is 2.42. The van der Waals surface area contributed by atoms with Crippen molar-refractivity contribution in [3.8, 4) is 0 Å². The van der Waals surface area contributed by atoms with Crippen molar-refractivity contribution in [1.82, 2.24) is 0 Å². The predicted octanol–water partition coefficient (Wildman–Crippen LogP) is 4.31. The summed E-state index contributed by atoms with van der Waals surface area (Å²) in [5.74, 6) is -4.30. The SMILES string of the molecule is CC(=O)C1=C(O)C(=O)N(c2c(F)cc(Cl)cc2F)[C@H]1C1CCCCC1. The summed E-state index contributed by atoms with van der Waals surface area (Å²) < 4.78 is 28.9. The molecule has 1 fully saturated rings. The minimum absolute atomic E-state index is 0.0642. The van der Waals surface area contributed by atoms with Crippen LogP contribution in [0, 0.1) is 17.6 Å². The molecule has 0 spiro atoms. The van der Waals surface area contributed by atoms with Crippen molar-refractivity contribution < 1.29 is 23.5 Å². The lowest BCUT2D eigenvalue weighted by atomic mass is 9.80. The van der Waals surface area contributed by atoms with Crippen LogP contribution in [0.25, 0.3) is 0 Å². The number of aliphatic hydroxyl groups excluding tert-OH is 1. The van der Waals surface area contributed by atoms with Gasteiger partial charge >= 0.3 is 0 Å². The molecule has 0 saturated heterocycles. The average Bonchev–Trinajstić information content (AvgIpc) is 2.80. The first-order chi connectivity index (χ1) is 11.8. The zero-order valence-electron chi connectivity index (χ0n) is 13.7. The van der Waals surface area contributed by atoms with Crippen LogP contribution in [0.2, 0.25) is 5.02 Å². The molecule has 2 aliphatic rings. The maximum Gasteiger partial charge on any atom is 0.294 e. The zero-order valence-corrected chi connectivity index (χ0v) is 14.4. The van der Waals surface area contributed by atoms with E-state index in [9.17, 15) is 23.5 Å². The molecule has 4 nitrogen and oxygen atoms in total. The van der Waals surface area contributed by atoms with Crippen LogP contribution in [0.4, 0.5) is 14.5 Å². The standard InChI is InChI=1S/C18H18ClF2NO3/c1-9(23)14-15(10-5-3-2-4-6-10)22(18(25)17(14)24)16-12(20)7-11(19)8-13(16)21/h7-8,10,15,24H,2-6H2,1H3/t15-/m0/s1. The Morgan fingerprint density at radius 1 is 1.20 bits per heavy atom. The molecule has 1 N–H and O–H groups in total. The summed E-state index contributed by atoms with van der Waals surface area (Å²) in [4.78, 5) is 25.5. The van der Waals surface area contributed by atoms with Crippen LogP contribution >= 0.6 is 11.6 Å². The normalized spacial score (nSPS) is 22.0. The highest BCUT2D eigenvalue weighted by atomic mass is 35.5. The van der Waals surface area contributed by atoms with Crippen molar-refractivity contribution in [3.63, 3.8) is 0 Å². The average molecular weight is 370 g/mol. The molecule has 1 heterocycles. The van der Waals surface area contributed by atoms with Crippen LogP contribution in [0.5, 0.6) is 0 Å². The molecule has 25 heavy (non-hydrogen) atoms. The molecule has 0 bridgehead atoms. The van der Waals surface area contributed by atoms with Gasteiger partial charge in [-0.2, -0.15) is 0 Å². The number of carbonyl (C=O) groups is 2. The number of benzene rings is 1. The molecule has 1 aliphatic heterocycles. The number of ketones is 1. The van der Waals surface area contributed by atoms with E-state index in [2.05, 4.69) is 0 Å². The molecule has 0 unspecified atom stereocenters. The van der Waals surface area contributed by atoms with E-state index in [1.54, 1.807) is 0 Å². The maximum absolute atomic E-state index is 14.4. The molecule has 1 saturated carbocycles. The summed E-state index contributed by atoms with van der Waals surface area (Å²) in [6.45, 7) is 1.24. The molecule has 3 rings (SSSR count). The molecule has 134 valence electrons. The largest absolute Gasteiger partial charge is 0.503 e. The smallest absolute Gasteiger partial charge is 0.294 e. The Morgan fingerprint density at radius 2 is 1.76 bits per heavy atom. The molecular formula is C18H18ClF2NO3. The van der Waals surface area contributed by atoms with Crippen molar-refractivity contribution in [1.29, 1.82) is 0 Å². The Bertz CT molecular complexity index is 749. The van der Waals surface area contributed by atoms with Gasteiger partial charge in [-0.3, -0.25) is 14.5 Å². The van der Waals surface area contributed by atoms with Gasteiger partial charge in [0.05, 0.1) is 11.6 Å². The number of rotatable bonds is 3. The second-order valence-corrected chi connectivity index (χ2v) is 6.99. The Kier molecular flexibility index (Phi) is 4.82. The van der Waals surface area contributed by atoms with E-state index >= 15 is 0 Å². The first-order valence-corrected chi connectivity index (χ1v) is 8.63. The topological polar surface area (TPSA) is 57.6 Å². The molecule has 0 radical (unpaired) electrons.